The summed E-state index contributed by atoms with van der Waals surface area (Å²) in [7, 11) is 0. The summed E-state index contributed by atoms with van der Waals surface area (Å²) in [5, 5.41) is 7.36. The van der Waals surface area contributed by atoms with Gasteiger partial charge in [-0.25, -0.2) is 18.4 Å². The molecule has 0 radical (unpaired) electrons. The van der Waals surface area contributed by atoms with E-state index in [1.165, 1.54) is 0 Å². The fraction of sp³-hybridized carbons (Fsp3) is 0.571. The second-order valence-corrected chi connectivity index (χ2v) is 5.41. The Bertz CT molecular complexity index is 543. The van der Waals surface area contributed by atoms with Crippen LogP contribution in [0.25, 0.3) is 5.82 Å². The van der Waals surface area contributed by atoms with E-state index >= 15 is 0 Å². The summed E-state index contributed by atoms with van der Waals surface area (Å²) in [5.41, 5.74) is 0. The van der Waals surface area contributed by atoms with E-state index in [1.807, 2.05) is 21.5 Å². The Balaban J connectivity index is 1.62. The first-order valence-electron chi connectivity index (χ1n) is 7.27. The van der Waals surface area contributed by atoms with Crippen LogP contribution in [0.4, 0.5) is 8.78 Å². The molecule has 114 valence electrons. The summed E-state index contributed by atoms with van der Waals surface area (Å²) in [6.07, 6.45) is 8.60. The van der Waals surface area contributed by atoms with Gasteiger partial charge in [0.05, 0.1) is 18.8 Å². The Morgan fingerprint density at radius 2 is 2.05 bits per heavy atom. The van der Waals surface area contributed by atoms with Crippen LogP contribution < -0.4 is 5.32 Å². The lowest BCUT2D eigenvalue weighted by molar-refractivity contribution is 0.135. The smallest absolute Gasteiger partial charge is 0.250 e. The molecule has 2 aromatic heterocycles. The van der Waals surface area contributed by atoms with Crippen molar-refractivity contribution in [3.8, 4) is 5.82 Å². The summed E-state index contributed by atoms with van der Waals surface area (Å²) < 4.78 is 28.4. The van der Waals surface area contributed by atoms with Gasteiger partial charge in [-0.2, -0.15) is 5.10 Å². The van der Waals surface area contributed by atoms with Gasteiger partial charge >= 0.3 is 0 Å². The summed E-state index contributed by atoms with van der Waals surface area (Å²) >= 11 is 0. The largest absolute Gasteiger partial charge is 0.309 e. The highest BCUT2D eigenvalue weighted by Gasteiger charge is 2.24. The Morgan fingerprint density at radius 1 is 1.24 bits per heavy atom. The monoisotopic (exact) mass is 295 g/mol. The number of hydrogen-bond donors (Lipinski definition) is 1. The minimum absolute atomic E-state index is 0.197. The van der Waals surface area contributed by atoms with E-state index in [0.717, 1.165) is 31.5 Å². The Hall–Kier alpha value is -1.76. The van der Waals surface area contributed by atoms with Gasteiger partial charge in [-0.1, -0.05) is 0 Å². The minimum atomic E-state index is -2.28. The standard InChI is InChI=1S/C14H19F2N5/c15-13(16)9-18-11-1-3-12(4-2-11)21-14(5-6-19-21)20-8-7-17-10-20/h5-8,10-13,18H,1-4,9H2/t11-,12-. The van der Waals surface area contributed by atoms with E-state index in [4.69, 9.17) is 0 Å². The number of nitrogens with one attached hydrogen (secondary N) is 1. The van der Waals surface area contributed by atoms with Crippen LogP contribution in [0, 0.1) is 0 Å². The molecule has 1 aliphatic rings. The third-order valence-electron chi connectivity index (χ3n) is 4.02. The SMILES string of the molecule is FC(F)CN[C@H]1CC[C@H](n2nccc2-n2ccnc2)CC1. The average molecular weight is 295 g/mol. The van der Waals surface area contributed by atoms with E-state index in [9.17, 15) is 8.78 Å². The van der Waals surface area contributed by atoms with Gasteiger partial charge in [0.15, 0.2) is 0 Å². The molecule has 7 heteroatoms. The molecule has 1 aliphatic carbocycles. The predicted octanol–water partition coefficient (Wildman–Crippen LogP) is 2.41. The third-order valence-corrected chi connectivity index (χ3v) is 4.02. The van der Waals surface area contributed by atoms with Crippen LogP contribution in [0.1, 0.15) is 31.7 Å². The molecule has 2 heterocycles. The lowest BCUT2D eigenvalue weighted by Gasteiger charge is -2.30. The van der Waals surface area contributed by atoms with Crippen molar-refractivity contribution in [2.75, 3.05) is 6.54 Å². The second-order valence-electron chi connectivity index (χ2n) is 5.41. The summed E-state index contributed by atoms with van der Waals surface area (Å²) in [6, 6.07) is 2.48. The maximum Gasteiger partial charge on any atom is 0.250 e. The number of rotatable bonds is 5. The van der Waals surface area contributed by atoms with Crippen molar-refractivity contribution in [3.05, 3.63) is 31.0 Å². The molecule has 3 rings (SSSR count). The molecular formula is C14H19F2N5. The molecular weight excluding hydrogens is 276 g/mol. The highest BCUT2D eigenvalue weighted by molar-refractivity contribution is 5.21. The van der Waals surface area contributed by atoms with E-state index in [2.05, 4.69) is 15.4 Å². The first-order valence-corrected chi connectivity index (χ1v) is 7.27. The molecule has 2 aromatic rings. The first-order chi connectivity index (χ1) is 10.2. The quantitative estimate of drug-likeness (QED) is 0.921. The number of halogens is 2. The first kappa shape index (κ1) is 14.2. The van der Waals surface area contributed by atoms with Gasteiger partial charge in [-0.05, 0) is 25.7 Å². The maximum atomic E-state index is 12.2. The van der Waals surface area contributed by atoms with Gasteiger partial charge in [-0.15, -0.1) is 0 Å². The molecule has 0 atom stereocenters. The Labute approximate surface area is 122 Å². The minimum Gasteiger partial charge on any atom is -0.309 e. The van der Waals surface area contributed by atoms with E-state index in [0.29, 0.717) is 6.04 Å². The fourth-order valence-corrected chi connectivity index (χ4v) is 2.97. The van der Waals surface area contributed by atoms with Gasteiger partial charge in [0.25, 0.3) is 6.43 Å². The predicted molar refractivity (Wildman–Crippen MR) is 74.6 cm³/mol. The maximum absolute atomic E-state index is 12.2. The number of alkyl halides is 2. The van der Waals surface area contributed by atoms with Crippen molar-refractivity contribution in [2.24, 2.45) is 0 Å². The topological polar surface area (TPSA) is 47.7 Å². The van der Waals surface area contributed by atoms with Gasteiger partial charge < -0.3 is 5.32 Å². The molecule has 0 spiro atoms. The molecule has 0 aliphatic heterocycles. The van der Waals surface area contributed by atoms with E-state index in [1.54, 1.807) is 18.7 Å². The number of aromatic nitrogens is 4. The molecule has 1 N–H and O–H groups in total. The summed E-state index contributed by atoms with van der Waals surface area (Å²) in [4.78, 5) is 4.06. The highest BCUT2D eigenvalue weighted by Crippen LogP contribution is 2.29. The van der Waals surface area contributed by atoms with Crippen LogP contribution in [0.3, 0.4) is 0 Å². The normalized spacial score (nSPS) is 22.8. The van der Waals surface area contributed by atoms with Crippen LogP contribution in [0.5, 0.6) is 0 Å². The zero-order valence-electron chi connectivity index (χ0n) is 11.7. The fourth-order valence-electron chi connectivity index (χ4n) is 2.97. The average Bonchev–Trinajstić information content (AvgIpc) is 3.16. The van der Waals surface area contributed by atoms with Crippen molar-refractivity contribution in [3.63, 3.8) is 0 Å². The highest BCUT2D eigenvalue weighted by atomic mass is 19.3. The number of hydrogen-bond acceptors (Lipinski definition) is 3. The van der Waals surface area contributed by atoms with Crippen molar-refractivity contribution in [1.82, 2.24) is 24.6 Å². The Morgan fingerprint density at radius 3 is 2.71 bits per heavy atom. The van der Waals surface area contributed by atoms with Crippen molar-refractivity contribution < 1.29 is 8.78 Å². The molecule has 0 aromatic carbocycles. The van der Waals surface area contributed by atoms with Crippen molar-refractivity contribution in [1.29, 1.82) is 0 Å². The molecule has 5 nitrogen and oxygen atoms in total. The van der Waals surface area contributed by atoms with E-state index in [-0.39, 0.29) is 12.6 Å². The van der Waals surface area contributed by atoms with Crippen molar-refractivity contribution >= 4 is 0 Å². The van der Waals surface area contributed by atoms with Gasteiger partial charge in [-0.3, -0.25) is 4.57 Å². The van der Waals surface area contributed by atoms with Crippen molar-refractivity contribution in [2.45, 2.75) is 44.2 Å². The number of nitrogens with zero attached hydrogens (tertiary/aromatic N) is 4. The zero-order valence-corrected chi connectivity index (χ0v) is 11.7. The van der Waals surface area contributed by atoms with Crippen LogP contribution >= 0.6 is 0 Å². The zero-order chi connectivity index (χ0) is 14.7. The van der Waals surface area contributed by atoms with Crippen LogP contribution in [0.2, 0.25) is 0 Å². The van der Waals surface area contributed by atoms with Crippen LogP contribution in [0.15, 0.2) is 31.0 Å². The van der Waals surface area contributed by atoms with Crippen LogP contribution in [-0.4, -0.2) is 38.3 Å². The lowest BCUT2D eigenvalue weighted by atomic mass is 9.91. The van der Waals surface area contributed by atoms with E-state index < -0.39 is 6.43 Å². The van der Waals surface area contributed by atoms with Gasteiger partial charge in [0.1, 0.15) is 12.1 Å². The lowest BCUT2D eigenvalue weighted by Crippen LogP contribution is -2.36. The van der Waals surface area contributed by atoms with Crippen LogP contribution in [-0.2, 0) is 0 Å². The number of imidazole rings is 1. The molecule has 1 fully saturated rings. The Kier molecular flexibility index (Phi) is 4.28. The third kappa shape index (κ3) is 3.29. The molecule has 21 heavy (non-hydrogen) atoms. The van der Waals surface area contributed by atoms with Gasteiger partial charge in [0, 0.05) is 24.5 Å². The molecule has 0 amide bonds. The second kappa shape index (κ2) is 6.34. The molecule has 0 saturated heterocycles. The summed E-state index contributed by atoms with van der Waals surface area (Å²) in [6.45, 7) is -0.211. The van der Waals surface area contributed by atoms with Gasteiger partial charge in [0.2, 0.25) is 0 Å². The molecule has 0 unspecified atom stereocenters. The summed E-state index contributed by atoms with van der Waals surface area (Å²) in [5.74, 6) is 0.997. The molecule has 0 bridgehead atoms. The molecule has 1 saturated carbocycles.